The van der Waals surface area contributed by atoms with Crippen LogP contribution in [0.5, 0.6) is 0 Å². The van der Waals surface area contributed by atoms with Crippen LogP contribution < -0.4 is 4.90 Å². The van der Waals surface area contributed by atoms with Gasteiger partial charge in [0.2, 0.25) is 0 Å². The van der Waals surface area contributed by atoms with Crippen LogP contribution in [-0.2, 0) is 0 Å². The van der Waals surface area contributed by atoms with Crippen LogP contribution in [0.4, 0.5) is 5.82 Å². The Morgan fingerprint density at radius 2 is 2.29 bits per heavy atom. The molecule has 4 heteroatoms. The van der Waals surface area contributed by atoms with Crippen LogP contribution in [-0.4, -0.2) is 30.1 Å². The normalized spacial score (nSPS) is 12.6. The molecular weight excluding hydrogens is 216 g/mol. The van der Waals surface area contributed by atoms with E-state index in [1.165, 1.54) is 0 Å². The van der Waals surface area contributed by atoms with Crippen molar-refractivity contribution in [3.8, 4) is 0 Å². The number of anilines is 1. The van der Waals surface area contributed by atoms with Gasteiger partial charge >= 0.3 is 0 Å². The lowest BCUT2D eigenvalue weighted by Gasteiger charge is -2.25. The Morgan fingerprint density at radius 3 is 2.86 bits per heavy atom. The molecular formula is C10H15ClN2S. The highest BCUT2D eigenvalue weighted by atomic mass is 35.5. The van der Waals surface area contributed by atoms with Crippen molar-refractivity contribution in [3.63, 3.8) is 0 Å². The average Bonchev–Trinajstić information content (AvgIpc) is 2.17. The standard InChI is InChI=1S/C10H15ClN2S/c1-8(7-14-3)13(2)10-6-4-5-9(11)12-10/h4-6,8H,7H2,1-3H3. The van der Waals surface area contributed by atoms with Crippen LogP contribution in [0.1, 0.15) is 6.92 Å². The smallest absolute Gasteiger partial charge is 0.131 e. The van der Waals surface area contributed by atoms with Crippen molar-refractivity contribution >= 4 is 29.2 Å². The van der Waals surface area contributed by atoms with Crippen molar-refractivity contribution in [1.29, 1.82) is 0 Å². The maximum atomic E-state index is 5.83. The largest absolute Gasteiger partial charge is 0.356 e. The number of rotatable bonds is 4. The van der Waals surface area contributed by atoms with Crippen LogP contribution in [0.2, 0.25) is 5.15 Å². The maximum absolute atomic E-state index is 5.83. The van der Waals surface area contributed by atoms with E-state index >= 15 is 0 Å². The topological polar surface area (TPSA) is 16.1 Å². The highest BCUT2D eigenvalue weighted by Crippen LogP contribution is 2.16. The molecule has 1 atom stereocenters. The van der Waals surface area contributed by atoms with Crippen LogP contribution in [0.25, 0.3) is 0 Å². The molecule has 1 aromatic rings. The second-order valence-corrected chi connectivity index (χ2v) is 4.53. The predicted octanol–water partition coefficient (Wildman–Crippen LogP) is 2.92. The fourth-order valence-electron chi connectivity index (χ4n) is 1.17. The fraction of sp³-hybridized carbons (Fsp3) is 0.500. The van der Waals surface area contributed by atoms with E-state index in [2.05, 4.69) is 23.1 Å². The van der Waals surface area contributed by atoms with Crippen molar-refractivity contribution < 1.29 is 0 Å². The van der Waals surface area contributed by atoms with E-state index in [-0.39, 0.29) is 0 Å². The molecule has 0 aliphatic rings. The molecule has 0 spiro atoms. The van der Waals surface area contributed by atoms with Crippen molar-refractivity contribution in [2.24, 2.45) is 0 Å². The second kappa shape index (κ2) is 5.47. The van der Waals surface area contributed by atoms with Gasteiger partial charge in [0.05, 0.1) is 0 Å². The van der Waals surface area contributed by atoms with Crippen molar-refractivity contribution in [1.82, 2.24) is 4.98 Å². The zero-order chi connectivity index (χ0) is 10.6. The van der Waals surface area contributed by atoms with Crippen LogP contribution >= 0.6 is 23.4 Å². The predicted molar refractivity (Wildman–Crippen MR) is 65.5 cm³/mol. The summed E-state index contributed by atoms with van der Waals surface area (Å²) in [6, 6.07) is 6.16. The van der Waals surface area contributed by atoms with Gasteiger partial charge < -0.3 is 4.90 Å². The highest BCUT2D eigenvalue weighted by molar-refractivity contribution is 7.98. The van der Waals surface area contributed by atoms with Gasteiger partial charge in [-0.25, -0.2) is 4.98 Å². The number of hydrogen-bond donors (Lipinski definition) is 0. The summed E-state index contributed by atoms with van der Waals surface area (Å²) in [6.45, 7) is 2.18. The van der Waals surface area contributed by atoms with Crippen LogP contribution in [0.3, 0.4) is 0 Å². The van der Waals surface area contributed by atoms with Gasteiger partial charge in [0.25, 0.3) is 0 Å². The molecule has 0 radical (unpaired) electrons. The van der Waals surface area contributed by atoms with Crippen molar-refractivity contribution in [2.45, 2.75) is 13.0 Å². The molecule has 14 heavy (non-hydrogen) atoms. The third kappa shape index (κ3) is 3.07. The Balaban J connectivity index is 2.73. The van der Waals surface area contributed by atoms with E-state index < -0.39 is 0 Å². The van der Waals surface area contributed by atoms with Gasteiger partial charge in [-0.15, -0.1) is 0 Å². The summed E-state index contributed by atoms with van der Waals surface area (Å²) in [4.78, 5) is 6.40. The van der Waals surface area contributed by atoms with Gasteiger partial charge in [0.15, 0.2) is 0 Å². The van der Waals surface area contributed by atoms with Gasteiger partial charge in [-0.2, -0.15) is 11.8 Å². The summed E-state index contributed by atoms with van der Waals surface area (Å²) >= 11 is 7.66. The van der Waals surface area contributed by atoms with Gasteiger partial charge in [-0.05, 0) is 25.3 Å². The summed E-state index contributed by atoms with van der Waals surface area (Å²) in [6.07, 6.45) is 2.11. The fourth-order valence-corrected chi connectivity index (χ4v) is 2.04. The first-order chi connectivity index (χ1) is 6.65. The Bertz CT molecular complexity index is 293. The summed E-state index contributed by atoms with van der Waals surface area (Å²) in [5, 5.41) is 0.547. The number of thioether (sulfide) groups is 1. The number of nitrogens with zero attached hydrogens (tertiary/aromatic N) is 2. The molecule has 1 unspecified atom stereocenters. The quantitative estimate of drug-likeness (QED) is 0.740. The van der Waals surface area contributed by atoms with Crippen molar-refractivity contribution in [2.75, 3.05) is 24.0 Å². The first kappa shape index (κ1) is 11.7. The molecule has 1 aromatic heterocycles. The Kier molecular flexibility index (Phi) is 4.55. The minimum atomic E-state index is 0.468. The summed E-state index contributed by atoms with van der Waals surface area (Å²) in [7, 11) is 2.04. The molecule has 0 saturated heterocycles. The number of pyridine rings is 1. The first-order valence-corrected chi connectivity index (χ1v) is 6.26. The lowest BCUT2D eigenvalue weighted by atomic mass is 10.3. The Labute approximate surface area is 94.7 Å². The van der Waals surface area contributed by atoms with E-state index in [9.17, 15) is 0 Å². The van der Waals surface area contributed by atoms with Gasteiger partial charge in [-0.1, -0.05) is 17.7 Å². The third-order valence-electron chi connectivity index (χ3n) is 2.13. The van der Waals surface area contributed by atoms with Gasteiger partial charge in [0.1, 0.15) is 11.0 Å². The molecule has 1 rings (SSSR count). The van der Waals surface area contributed by atoms with E-state index in [0.717, 1.165) is 11.6 Å². The minimum Gasteiger partial charge on any atom is -0.356 e. The SMILES string of the molecule is CSCC(C)N(C)c1cccc(Cl)n1. The van der Waals surface area contributed by atoms with E-state index in [1.807, 2.05) is 30.9 Å². The van der Waals surface area contributed by atoms with Crippen LogP contribution in [0.15, 0.2) is 18.2 Å². The number of halogens is 1. The van der Waals surface area contributed by atoms with E-state index in [4.69, 9.17) is 11.6 Å². The van der Waals surface area contributed by atoms with E-state index in [0.29, 0.717) is 11.2 Å². The molecule has 1 heterocycles. The first-order valence-electron chi connectivity index (χ1n) is 4.49. The molecule has 2 nitrogen and oxygen atoms in total. The molecule has 0 saturated carbocycles. The lowest BCUT2D eigenvalue weighted by Crippen LogP contribution is -2.31. The summed E-state index contributed by atoms with van der Waals surface area (Å²) in [5.74, 6) is 2.02. The maximum Gasteiger partial charge on any atom is 0.131 e. The highest BCUT2D eigenvalue weighted by Gasteiger charge is 2.10. The molecule has 78 valence electrons. The monoisotopic (exact) mass is 230 g/mol. The lowest BCUT2D eigenvalue weighted by molar-refractivity contribution is 0.754. The van der Waals surface area contributed by atoms with Crippen molar-refractivity contribution in [3.05, 3.63) is 23.4 Å². The Hall–Kier alpha value is -0.410. The zero-order valence-corrected chi connectivity index (χ0v) is 10.3. The Morgan fingerprint density at radius 1 is 1.57 bits per heavy atom. The van der Waals surface area contributed by atoms with Crippen LogP contribution in [0, 0.1) is 0 Å². The molecule has 0 aromatic carbocycles. The summed E-state index contributed by atoms with van der Waals surface area (Å²) < 4.78 is 0. The molecule has 0 fully saturated rings. The molecule has 0 aliphatic heterocycles. The second-order valence-electron chi connectivity index (χ2n) is 3.23. The molecule has 0 bridgehead atoms. The number of hydrogen-bond acceptors (Lipinski definition) is 3. The number of aromatic nitrogens is 1. The van der Waals surface area contributed by atoms with E-state index in [1.54, 1.807) is 6.07 Å². The molecule has 0 amide bonds. The molecule has 0 N–H and O–H groups in total. The molecule has 0 aliphatic carbocycles. The average molecular weight is 231 g/mol. The minimum absolute atomic E-state index is 0.468. The zero-order valence-electron chi connectivity index (χ0n) is 8.70. The third-order valence-corrected chi connectivity index (χ3v) is 3.16. The van der Waals surface area contributed by atoms with Gasteiger partial charge in [0, 0.05) is 18.8 Å². The van der Waals surface area contributed by atoms with Gasteiger partial charge in [-0.3, -0.25) is 0 Å². The summed E-state index contributed by atoms with van der Waals surface area (Å²) in [5.41, 5.74) is 0.